The molecule has 1 aliphatic carbocycles. The average Bonchev–Trinajstić information content (AvgIpc) is 3.15. The Bertz CT molecular complexity index is 760. The Labute approximate surface area is 144 Å². The number of carbonyl (C=O) groups is 3. The number of ketones is 1. The van der Waals surface area contributed by atoms with Crippen LogP contribution in [0.25, 0.3) is 0 Å². The smallest absolute Gasteiger partial charge is 0.319 e. The molecular weight excluding hydrogens is 326 g/mol. The summed E-state index contributed by atoms with van der Waals surface area (Å²) in [5.74, 6) is -0.790. The van der Waals surface area contributed by atoms with Gasteiger partial charge in [0.05, 0.1) is 6.61 Å². The second-order valence-electron chi connectivity index (χ2n) is 6.61. The van der Waals surface area contributed by atoms with Crippen LogP contribution in [-0.4, -0.2) is 37.1 Å². The van der Waals surface area contributed by atoms with Gasteiger partial charge in [-0.15, -0.1) is 0 Å². The summed E-state index contributed by atoms with van der Waals surface area (Å²) in [6, 6.07) is 5.06. The second kappa shape index (κ2) is 5.75. The molecule has 4 rings (SSSR count). The van der Waals surface area contributed by atoms with Crippen LogP contribution in [0.15, 0.2) is 18.2 Å². The van der Waals surface area contributed by atoms with E-state index in [9.17, 15) is 14.4 Å². The normalized spacial score (nSPS) is 30.0. The molecule has 0 bridgehead atoms. The maximum Gasteiger partial charge on any atom is 0.319 e. The Morgan fingerprint density at radius 3 is 2.92 bits per heavy atom. The lowest BCUT2D eigenvalue weighted by Crippen LogP contribution is -2.50. The van der Waals surface area contributed by atoms with Crippen molar-refractivity contribution in [2.45, 2.75) is 37.6 Å². The molecule has 2 fully saturated rings. The third-order valence-corrected chi connectivity index (χ3v) is 5.35. The molecule has 0 unspecified atom stereocenters. The number of esters is 1. The molecule has 1 saturated heterocycles. The quantitative estimate of drug-likeness (QED) is 0.651. The van der Waals surface area contributed by atoms with E-state index < -0.39 is 17.3 Å². The van der Waals surface area contributed by atoms with Crippen LogP contribution in [0.3, 0.4) is 0 Å². The van der Waals surface area contributed by atoms with Gasteiger partial charge in [-0.3, -0.25) is 14.4 Å². The van der Waals surface area contributed by atoms with Crippen molar-refractivity contribution >= 4 is 17.7 Å². The van der Waals surface area contributed by atoms with Crippen molar-refractivity contribution in [2.75, 3.05) is 13.4 Å². The summed E-state index contributed by atoms with van der Waals surface area (Å²) in [6.07, 6.45) is 1.03. The molecule has 1 aromatic carbocycles. The molecule has 2 aliphatic heterocycles. The number of hydrogen-bond acceptors (Lipinski definition) is 6. The molecule has 0 aromatic heterocycles. The zero-order valence-corrected chi connectivity index (χ0v) is 13.9. The van der Waals surface area contributed by atoms with Crippen LogP contribution >= 0.6 is 0 Å². The highest BCUT2D eigenvalue weighted by atomic mass is 16.7. The summed E-state index contributed by atoms with van der Waals surface area (Å²) in [5.41, 5.74) is -0.217. The van der Waals surface area contributed by atoms with Crippen LogP contribution in [0.1, 0.15) is 31.7 Å². The Balaban J connectivity index is 1.85. The first kappa shape index (κ1) is 15.9. The lowest BCUT2D eigenvalue weighted by molar-refractivity contribution is -0.153. The molecule has 1 saturated carbocycles. The Kier molecular flexibility index (Phi) is 3.67. The number of hydrogen-bond donors (Lipinski definition) is 1. The Morgan fingerprint density at radius 1 is 1.32 bits per heavy atom. The fourth-order valence-electron chi connectivity index (χ4n) is 4.29. The summed E-state index contributed by atoms with van der Waals surface area (Å²) in [6.45, 7) is 2.01. The van der Waals surface area contributed by atoms with Crippen molar-refractivity contribution in [2.24, 2.45) is 5.92 Å². The monoisotopic (exact) mass is 345 g/mol. The molecule has 0 spiro atoms. The lowest BCUT2D eigenvalue weighted by Gasteiger charge is -2.40. The van der Waals surface area contributed by atoms with E-state index in [0.29, 0.717) is 24.3 Å². The zero-order chi connectivity index (χ0) is 17.6. The number of Topliss-reactive ketones (excluding diaryl/α,β-unsaturated/α-hetero) is 1. The van der Waals surface area contributed by atoms with Crippen LogP contribution < -0.4 is 14.8 Å². The van der Waals surface area contributed by atoms with Crippen LogP contribution in [0.5, 0.6) is 11.5 Å². The van der Waals surface area contributed by atoms with Gasteiger partial charge in [0.15, 0.2) is 11.5 Å². The molecule has 132 valence electrons. The molecule has 2 heterocycles. The third kappa shape index (κ3) is 2.29. The average molecular weight is 345 g/mol. The number of nitrogens with one attached hydrogen (secondary N) is 1. The maximum atomic E-state index is 12.6. The van der Waals surface area contributed by atoms with Gasteiger partial charge in [0.2, 0.25) is 12.7 Å². The van der Waals surface area contributed by atoms with Gasteiger partial charge in [-0.05, 0) is 31.0 Å². The van der Waals surface area contributed by atoms with Crippen molar-refractivity contribution in [3.05, 3.63) is 23.8 Å². The van der Waals surface area contributed by atoms with E-state index >= 15 is 0 Å². The summed E-state index contributed by atoms with van der Waals surface area (Å²) in [5, 5.41) is 2.91. The van der Waals surface area contributed by atoms with Gasteiger partial charge in [-0.1, -0.05) is 6.07 Å². The van der Waals surface area contributed by atoms with Gasteiger partial charge in [0, 0.05) is 24.3 Å². The van der Waals surface area contributed by atoms with Gasteiger partial charge in [-0.25, -0.2) is 0 Å². The van der Waals surface area contributed by atoms with Gasteiger partial charge in [0.1, 0.15) is 11.7 Å². The highest BCUT2D eigenvalue weighted by Gasteiger charge is 2.62. The minimum Gasteiger partial charge on any atom is -0.465 e. The predicted octanol–water partition coefficient (Wildman–Crippen LogP) is 1.08. The first-order chi connectivity index (χ1) is 12.1. The summed E-state index contributed by atoms with van der Waals surface area (Å²) in [4.78, 5) is 37.5. The van der Waals surface area contributed by atoms with E-state index in [1.807, 2.05) is 6.07 Å². The molecule has 25 heavy (non-hydrogen) atoms. The molecule has 1 N–H and O–H groups in total. The Hall–Kier alpha value is -2.57. The van der Waals surface area contributed by atoms with E-state index in [0.717, 1.165) is 5.56 Å². The van der Waals surface area contributed by atoms with Crippen molar-refractivity contribution in [1.82, 2.24) is 5.32 Å². The standard InChI is InChI=1S/C18H19NO6/c1-2-23-17(22)15-16(21)19-14-6-4-11(20)8-18(14,15)10-3-5-12-13(7-10)25-9-24-12/h3,5,7,14-15H,2,4,6,8-9H2,1H3,(H,19,21)/t14-,15-,18+/m0/s1. The van der Waals surface area contributed by atoms with E-state index in [4.69, 9.17) is 14.2 Å². The predicted molar refractivity (Wildman–Crippen MR) is 85.2 cm³/mol. The molecule has 3 aliphatic rings. The van der Waals surface area contributed by atoms with E-state index in [1.165, 1.54) is 0 Å². The van der Waals surface area contributed by atoms with Crippen molar-refractivity contribution < 1.29 is 28.6 Å². The number of rotatable bonds is 3. The van der Waals surface area contributed by atoms with Crippen molar-refractivity contribution in [3.8, 4) is 11.5 Å². The van der Waals surface area contributed by atoms with E-state index in [1.54, 1.807) is 19.1 Å². The van der Waals surface area contributed by atoms with Crippen molar-refractivity contribution in [3.63, 3.8) is 0 Å². The topological polar surface area (TPSA) is 90.9 Å². The SMILES string of the molecule is CCOC(=O)[C@@H]1C(=O)N[C@H]2CCC(=O)C[C@]12c1ccc2c(c1)OCO2. The molecule has 7 heteroatoms. The second-order valence-corrected chi connectivity index (χ2v) is 6.61. The summed E-state index contributed by atoms with van der Waals surface area (Å²) >= 11 is 0. The van der Waals surface area contributed by atoms with Gasteiger partial charge >= 0.3 is 5.97 Å². The molecule has 1 aromatic rings. The fraction of sp³-hybridized carbons (Fsp3) is 0.500. The maximum absolute atomic E-state index is 12.6. The highest BCUT2D eigenvalue weighted by Crippen LogP contribution is 2.50. The largest absolute Gasteiger partial charge is 0.465 e. The number of ether oxygens (including phenoxy) is 3. The first-order valence-corrected chi connectivity index (χ1v) is 8.45. The minimum absolute atomic E-state index is 0.0414. The van der Waals surface area contributed by atoms with Gasteiger partial charge in [-0.2, -0.15) is 0 Å². The van der Waals surface area contributed by atoms with Crippen LogP contribution in [0.2, 0.25) is 0 Å². The molecule has 7 nitrogen and oxygen atoms in total. The Morgan fingerprint density at radius 2 is 2.12 bits per heavy atom. The summed E-state index contributed by atoms with van der Waals surface area (Å²) in [7, 11) is 0. The highest BCUT2D eigenvalue weighted by molar-refractivity contribution is 6.03. The van der Waals surface area contributed by atoms with Crippen molar-refractivity contribution in [1.29, 1.82) is 0 Å². The molecule has 3 atom stereocenters. The molecule has 1 amide bonds. The van der Waals surface area contributed by atoms with Crippen LogP contribution in [0, 0.1) is 5.92 Å². The zero-order valence-electron chi connectivity index (χ0n) is 13.9. The number of fused-ring (bicyclic) bond motifs is 2. The fourth-order valence-corrected chi connectivity index (χ4v) is 4.29. The molecule has 0 radical (unpaired) electrons. The minimum atomic E-state index is -1.04. The van der Waals surface area contributed by atoms with Gasteiger partial charge < -0.3 is 19.5 Å². The number of benzene rings is 1. The van der Waals surface area contributed by atoms with Gasteiger partial charge in [0.25, 0.3) is 0 Å². The van der Waals surface area contributed by atoms with E-state index in [2.05, 4.69) is 5.32 Å². The summed E-state index contributed by atoms with van der Waals surface area (Å²) < 4.78 is 15.9. The number of amides is 1. The first-order valence-electron chi connectivity index (χ1n) is 8.45. The lowest BCUT2D eigenvalue weighted by atomic mass is 9.61. The van der Waals surface area contributed by atoms with Crippen LogP contribution in [-0.2, 0) is 24.5 Å². The third-order valence-electron chi connectivity index (χ3n) is 5.35. The van der Waals surface area contributed by atoms with Crippen LogP contribution in [0.4, 0.5) is 0 Å². The van der Waals surface area contributed by atoms with E-state index in [-0.39, 0.29) is 37.6 Å². The number of carbonyl (C=O) groups excluding carboxylic acids is 3. The molecular formula is C18H19NO6.